The largest absolute Gasteiger partial charge is 0.493 e. The van der Waals surface area contributed by atoms with E-state index in [4.69, 9.17) is 18.9 Å². The third-order valence-electron chi connectivity index (χ3n) is 4.74. The highest BCUT2D eigenvalue weighted by molar-refractivity contribution is 5.95. The summed E-state index contributed by atoms with van der Waals surface area (Å²) in [5, 5.41) is 5.86. The van der Waals surface area contributed by atoms with Crippen molar-refractivity contribution in [1.29, 1.82) is 0 Å². The average molecular weight is 408 g/mol. The van der Waals surface area contributed by atoms with Crippen LogP contribution in [0, 0.1) is 5.92 Å². The van der Waals surface area contributed by atoms with Crippen LogP contribution in [0.15, 0.2) is 12.1 Å². The number of ether oxygens (including phenoxy) is 4. The molecule has 8 nitrogen and oxygen atoms in total. The fraction of sp³-hybridized carbons (Fsp3) is 0.619. The molecule has 0 radical (unpaired) electrons. The van der Waals surface area contributed by atoms with Gasteiger partial charge in [-0.1, -0.05) is 0 Å². The molecule has 0 bridgehead atoms. The molecule has 8 heteroatoms. The molecule has 0 aliphatic heterocycles. The Hall–Kier alpha value is -2.64. The summed E-state index contributed by atoms with van der Waals surface area (Å²) in [7, 11) is 4.53. The van der Waals surface area contributed by atoms with Gasteiger partial charge in [0.05, 0.1) is 21.3 Å². The first-order chi connectivity index (χ1) is 13.7. The van der Waals surface area contributed by atoms with E-state index in [2.05, 4.69) is 10.6 Å². The number of amides is 2. The SMILES string of the molecule is COc1cc(C(=O)NC[C@@H]2CC[C@H](NC(=O)OC(C)(C)C)C2)cc(OC)c1OC. The predicted molar refractivity (Wildman–Crippen MR) is 109 cm³/mol. The minimum absolute atomic E-state index is 0.0629. The van der Waals surface area contributed by atoms with Gasteiger partial charge in [-0.25, -0.2) is 4.79 Å². The Morgan fingerprint density at radius 3 is 2.17 bits per heavy atom. The number of alkyl carbamates (subject to hydrolysis) is 1. The zero-order valence-corrected chi connectivity index (χ0v) is 18.1. The number of methoxy groups -OCH3 is 3. The van der Waals surface area contributed by atoms with E-state index in [1.807, 2.05) is 20.8 Å². The topological polar surface area (TPSA) is 95.1 Å². The normalized spacial score (nSPS) is 18.7. The van der Waals surface area contributed by atoms with E-state index in [0.29, 0.717) is 35.3 Å². The molecule has 0 spiro atoms. The maximum atomic E-state index is 12.6. The number of benzene rings is 1. The number of hydrogen-bond donors (Lipinski definition) is 2. The second-order valence-corrected chi connectivity index (χ2v) is 8.15. The molecule has 0 heterocycles. The van der Waals surface area contributed by atoms with E-state index in [-0.39, 0.29) is 11.9 Å². The van der Waals surface area contributed by atoms with Crippen LogP contribution in [0.1, 0.15) is 50.4 Å². The maximum Gasteiger partial charge on any atom is 0.407 e. The van der Waals surface area contributed by atoms with Crippen molar-refractivity contribution < 1.29 is 28.5 Å². The van der Waals surface area contributed by atoms with Crippen LogP contribution in [0.5, 0.6) is 17.2 Å². The first-order valence-electron chi connectivity index (χ1n) is 9.74. The van der Waals surface area contributed by atoms with Crippen molar-refractivity contribution in [3.63, 3.8) is 0 Å². The zero-order valence-electron chi connectivity index (χ0n) is 18.1. The molecule has 2 N–H and O–H groups in total. The van der Waals surface area contributed by atoms with Crippen molar-refractivity contribution in [1.82, 2.24) is 10.6 Å². The third-order valence-corrected chi connectivity index (χ3v) is 4.74. The van der Waals surface area contributed by atoms with E-state index in [9.17, 15) is 9.59 Å². The van der Waals surface area contributed by atoms with Gasteiger partial charge in [-0.3, -0.25) is 4.79 Å². The number of hydrogen-bond acceptors (Lipinski definition) is 6. The lowest BCUT2D eigenvalue weighted by Gasteiger charge is -2.21. The van der Waals surface area contributed by atoms with Gasteiger partial charge in [-0.05, 0) is 58.1 Å². The van der Waals surface area contributed by atoms with Gasteiger partial charge in [-0.15, -0.1) is 0 Å². The van der Waals surface area contributed by atoms with E-state index in [0.717, 1.165) is 19.3 Å². The Kier molecular flexibility index (Phi) is 7.59. The van der Waals surface area contributed by atoms with Crippen molar-refractivity contribution in [2.45, 2.75) is 51.7 Å². The lowest BCUT2D eigenvalue weighted by molar-refractivity contribution is 0.0504. The second kappa shape index (κ2) is 9.71. The monoisotopic (exact) mass is 408 g/mol. The lowest BCUT2D eigenvalue weighted by Crippen LogP contribution is -2.38. The highest BCUT2D eigenvalue weighted by Crippen LogP contribution is 2.38. The molecule has 1 aromatic carbocycles. The smallest absolute Gasteiger partial charge is 0.407 e. The summed E-state index contributed by atoms with van der Waals surface area (Å²) in [5.74, 6) is 1.38. The summed E-state index contributed by atoms with van der Waals surface area (Å²) in [6, 6.07) is 3.31. The zero-order chi connectivity index (χ0) is 21.6. The molecular formula is C21H32N2O6. The van der Waals surface area contributed by atoms with E-state index in [1.165, 1.54) is 21.3 Å². The van der Waals surface area contributed by atoms with Crippen molar-refractivity contribution in [3.8, 4) is 17.2 Å². The Balaban J connectivity index is 1.89. The Morgan fingerprint density at radius 2 is 1.66 bits per heavy atom. The minimum Gasteiger partial charge on any atom is -0.493 e. The van der Waals surface area contributed by atoms with Crippen LogP contribution in [-0.2, 0) is 4.74 Å². The van der Waals surface area contributed by atoms with E-state index in [1.54, 1.807) is 12.1 Å². The molecular weight excluding hydrogens is 376 g/mol. The van der Waals surface area contributed by atoms with E-state index >= 15 is 0 Å². The van der Waals surface area contributed by atoms with Gasteiger partial charge in [0.1, 0.15) is 5.60 Å². The first-order valence-corrected chi connectivity index (χ1v) is 9.74. The molecule has 1 aliphatic rings. The number of rotatable bonds is 7. The first kappa shape index (κ1) is 22.6. The summed E-state index contributed by atoms with van der Waals surface area (Å²) < 4.78 is 21.2. The number of nitrogens with one attached hydrogen (secondary N) is 2. The molecule has 1 aliphatic carbocycles. The predicted octanol–water partition coefficient (Wildman–Crippen LogP) is 3.14. The van der Waals surface area contributed by atoms with Gasteiger partial charge in [-0.2, -0.15) is 0 Å². The average Bonchev–Trinajstić information content (AvgIpc) is 3.10. The van der Waals surface area contributed by atoms with Gasteiger partial charge in [0.15, 0.2) is 11.5 Å². The molecule has 1 saturated carbocycles. The fourth-order valence-electron chi connectivity index (χ4n) is 3.42. The summed E-state index contributed by atoms with van der Waals surface area (Å²) in [5.41, 5.74) is -0.0859. The van der Waals surface area contributed by atoms with Gasteiger partial charge in [0, 0.05) is 18.2 Å². The number of carbonyl (C=O) groups is 2. The summed E-state index contributed by atoms with van der Waals surface area (Å²) in [6.45, 7) is 6.04. The van der Waals surface area contributed by atoms with Crippen LogP contribution in [0.25, 0.3) is 0 Å². The Morgan fingerprint density at radius 1 is 1.03 bits per heavy atom. The number of carbonyl (C=O) groups excluding carboxylic acids is 2. The van der Waals surface area contributed by atoms with Gasteiger partial charge in [0.25, 0.3) is 5.91 Å². The fourth-order valence-corrected chi connectivity index (χ4v) is 3.42. The van der Waals surface area contributed by atoms with Crippen molar-refractivity contribution in [3.05, 3.63) is 17.7 Å². The molecule has 1 fully saturated rings. The van der Waals surface area contributed by atoms with Crippen molar-refractivity contribution >= 4 is 12.0 Å². The standard InChI is InChI=1S/C21H32N2O6/c1-21(2,3)29-20(25)23-15-8-7-13(9-15)12-22-19(24)14-10-16(26-4)18(28-6)17(11-14)27-5/h10-11,13,15H,7-9,12H2,1-6H3,(H,22,24)(H,23,25)/t13-,15+/m1/s1. The molecule has 162 valence electrons. The molecule has 0 saturated heterocycles. The minimum atomic E-state index is -0.517. The highest BCUT2D eigenvalue weighted by Gasteiger charge is 2.28. The Labute approximate surface area is 172 Å². The van der Waals surface area contributed by atoms with Crippen LogP contribution in [-0.4, -0.2) is 51.5 Å². The van der Waals surface area contributed by atoms with Crippen molar-refractivity contribution in [2.24, 2.45) is 5.92 Å². The molecule has 0 aromatic heterocycles. The highest BCUT2D eigenvalue weighted by atomic mass is 16.6. The summed E-state index contributed by atoms with van der Waals surface area (Å²) in [6.07, 6.45) is 2.19. The van der Waals surface area contributed by atoms with Crippen molar-refractivity contribution in [2.75, 3.05) is 27.9 Å². The van der Waals surface area contributed by atoms with Gasteiger partial charge >= 0.3 is 6.09 Å². The van der Waals surface area contributed by atoms with E-state index < -0.39 is 11.7 Å². The van der Waals surface area contributed by atoms with Crippen LogP contribution in [0.2, 0.25) is 0 Å². The summed E-state index contributed by atoms with van der Waals surface area (Å²) >= 11 is 0. The third kappa shape index (κ3) is 6.44. The summed E-state index contributed by atoms with van der Waals surface area (Å²) in [4.78, 5) is 24.5. The maximum absolute atomic E-state index is 12.6. The molecule has 0 unspecified atom stereocenters. The lowest BCUT2D eigenvalue weighted by atomic mass is 10.1. The molecule has 2 atom stereocenters. The van der Waals surface area contributed by atoms with Crippen LogP contribution in [0.4, 0.5) is 4.79 Å². The quantitative estimate of drug-likeness (QED) is 0.720. The molecule has 29 heavy (non-hydrogen) atoms. The van der Waals surface area contributed by atoms with Crippen LogP contribution < -0.4 is 24.8 Å². The molecule has 1 aromatic rings. The Bertz CT molecular complexity index is 703. The molecule has 2 amide bonds. The second-order valence-electron chi connectivity index (χ2n) is 8.15. The van der Waals surface area contributed by atoms with Gasteiger partial charge < -0.3 is 29.6 Å². The molecule has 2 rings (SSSR count). The van der Waals surface area contributed by atoms with Gasteiger partial charge in [0.2, 0.25) is 5.75 Å². The van der Waals surface area contributed by atoms with Crippen LogP contribution in [0.3, 0.4) is 0 Å². The van der Waals surface area contributed by atoms with Crippen LogP contribution >= 0.6 is 0 Å².